The summed E-state index contributed by atoms with van der Waals surface area (Å²) in [6.07, 6.45) is 3.61. The molecular weight excluding hydrogens is 354 g/mol. The number of likely N-dealkylation sites (tertiary alicyclic amines) is 1. The molecule has 0 N–H and O–H groups in total. The van der Waals surface area contributed by atoms with Gasteiger partial charge in [-0.1, -0.05) is 30.3 Å². The lowest BCUT2D eigenvalue weighted by Crippen LogP contribution is -2.49. The van der Waals surface area contributed by atoms with Crippen LogP contribution in [-0.2, 0) is 14.9 Å². The molecule has 6 heteroatoms. The predicted octanol–water partition coefficient (Wildman–Crippen LogP) is 2.68. The van der Waals surface area contributed by atoms with E-state index in [0.717, 1.165) is 12.0 Å². The lowest BCUT2D eigenvalue weighted by Gasteiger charge is -2.39. The first-order valence-corrected chi connectivity index (χ1v) is 9.67. The topological polar surface area (TPSA) is 75.5 Å². The van der Waals surface area contributed by atoms with Crippen molar-refractivity contribution in [1.29, 1.82) is 5.26 Å². The van der Waals surface area contributed by atoms with Crippen molar-refractivity contribution in [1.82, 2.24) is 9.88 Å². The molecule has 2 aliphatic rings. The minimum Gasteiger partial charge on any atom is -0.472 e. The number of nitrogens with zero attached hydrogens (tertiary/aromatic N) is 3. The molecular formula is C22H23N3O3. The van der Waals surface area contributed by atoms with Crippen LogP contribution in [0.2, 0.25) is 0 Å². The van der Waals surface area contributed by atoms with E-state index in [1.807, 2.05) is 35.2 Å². The van der Waals surface area contributed by atoms with Crippen LogP contribution in [-0.4, -0.2) is 48.2 Å². The quantitative estimate of drug-likeness (QED) is 0.819. The Morgan fingerprint density at radius 1 is 1.25 bits per heavy atom. The smallest absolute Gasteiger partial charge is 0.233 e. The maximum Gasteiger partial charge on any atom is 0.233 e. The summed E-state index contributed by atoms with van der Waals surface area (Å²) in [6.45, 7) is 2.39. The Labute approximate surface area is 164 Å². The van der Waals surface area contributed by atoms with Gasteiger partial charge in [0.1, 0.15) is 6.10 Å². The number of rotatable bonds is 4. The van der Waals surface area contributed by atoms with Crippen LogP contribution >= 0.6 is 0 Å². The number of nitriles is 1. The van der Waals surface area contributed by atoms with Crippen molar-refractivity contribution in [2.75, 3.05) is 26.3 Å². The molecule has 0 radical (unpaired) electrons. The predicted molar refractivity (Wildman–Crippen MR) is 103 cm³/mol. The molecule has 1 amide bonds. The molecule has 2 aromatic rings. The van der Waals surface area contributed by atoms with Gasteiger partial charge in [-0.05, 0) is 24.5 Å². The third-order valence-corrected chi connectivity index (χ3v) is 5.67. The molecule has 1 atom stereocenters. The summed E-state index contributed by atoms with van der Waals surface area (Å²) in [5.74, 6) is 0.592. The number of hydrogen-bond acceptors (Lipinski definition) is 5. The van der Waals surface area contributed by atoms with Crippen molar-refractivity contribution in [3.63, 3.8) is 0 Å². The van der Waals surface area contributed by atoms with Crippen molar-refractivity contribution < 1.29 is 14.3 Å². The molecule has 2 fully saturated rings. The average molecular weight is 377 g/mol. The fraction of sp³-hybridized carbons (Fsp3) is 0.409. The summed E-state index contributed by atoms with van der Waals surface area (Å²) in [4.78, 5) is 19.7. The van der Waals surface area contributed by atoms with E-state index in [2.05, 4.69) is 11.1 Å². The zero-order chi connectivity index (χ0) is 19.4. The summed E-state index contributed by atoms with van der Waals surface area (Å²) in [5, 5.41) is 9.02. The largest absolute Gasteiger partial charge is 0.472 e. The van der Waals surface area contributed by atoms with Gasteiger partial charge in [0.15, 0.2) is 0 Å². The average Bonchev–Trinajstić information content (AvgIpc) is 3.22. The van der Waals surface area contributed by atoms with Gasteiger partial charge in [0.05, 0.1) is 23.6 Å². The Morgan fingerprint density at radius 3 is 2.79 bits per heavy atom. The van der Waals surface area contributed by atoms with E-state index in [9.17, 15) is 4.79 Å². The normalized spacial score (nSPS) is 21.1. The first-order valence-electron chi connectivity index (χ1n) is 9.67. The van der Waals surface area contributed by atoms with Gasteiger partial charge in [0.25, 0.3) is 0 Å². The van der Waals surface area contributed by atoms with E-state index in [1.165, 1.54) is 0 Å². The van der Waals surface area contributed by atoms with Gasteiger partial charge >= 0.3 is 0 Å². The molecule has 2 saturated heterocycles. The first kappa shape index (κ1) is 18.5. The fourth-order valence-corrected chi connectivity index (χ4v) is 4.13. The number of carbonyl (C=O) groups is 1. The summed E-state index contributed by atoms with van der Waals surface area (Å²) in [6, 6.07) is 15.4. The van der Waals surface area contributed by atoms with Crippen LogP contribution in [0.15, 0.2) is 48.7 Å². The standard InChI is InChI=1S/C22H23N3O3/c23-15-17-6-10-24-20(14-17)28-19-7-11-25(16-19)21(26)22(8-12-27-13-9-22)18-4-2-1-3-5-18/h1-6,10,14,19H,7-9,11-13,16H2. The van der Waals surface area contributed by atoms with Crippen molar-refractivity contribution >= 4 is 5.91 Å². The highest BCUT2D eigenvalue weighted by molar-refractivity contribution is 5.88. The molecule has 144 valence electrons. The SMILES string of the molecule is N#Cc1ccnc(OC2CCN(C(=O)C3(c4ccccc4)CCOCC3)C2)c1. The number of hydrogen-bond donors (Lipinski definition) is 0. The second kappa shape index (κ2) is 7.99. The Kier molecular flexibility index (Phi) is 5.27. The van der Waals surface area contributed by atoms with Gasteiger partial charge in [-0.25, -0.2) is 4.98 Å². The maximum atomic E-state index is 13.6. The number of pyridine rings is 1. The minimum atomic E-state index is -0.520. The molecule has 0 spiro atoms. The molecule has 0 saturated carbocycles. The van der Waals surface area contributed by atoms with Crippen LogP contribution in [0, 0.1) is 11.3 Å². The highest BCUT2D eigenvalue weighted by atomic mass is 16.5. The van der Waals surface area contributed by atoms with Gasteiger partial charge < -0.3 is 14.4 Å². The van der Waals surface area contributed by atoms with Crippen LogP contribution < -0.4 is 4.74 Å². The van der Waals surface area contributed by atoms with Crippen LogP contribution in [0.4, 0.5) is 0 Å². The van der Waals surface area contributed by atoms with E-state index < -0.39 is 5.41 Å². The van der Waals surface area contributed by atoms with Crippen LogP contribution in [0.5, 0.6) is 5.88 Å². The van der Waals surface area contributed by atoms with Gasteiger partial charge in [-0.15, -0.1) is 0 Å². The van der Waals surface area contributed by atoms with Gasteiger partial charge in [0.2, 0.25) is 11.8 Å². The molecule has 0 bridgehead atoms. The van der Waals surface area contributed by atoms with E-state index in [1.54, 1.807) is 18.3 Å². The van der Waals surface area contributed by atoms with Crippen molar-refractivity contribution in [2.45, 2.75) is 30.8 Å². The lowest BCUT2D eigenvalue weighted by molar-refractivity contribution is -0.140. The van der Waals surface area contributed by atoms with Crippen molar-refractivity contribution in [3.05, 3.63) is 59.8 Å². The third kappa shape index (κ3) is 3.58. The van der Waals surface area contributed by atoms with E-state index in [4.69, 9.17) is 14.7 Å². The van der Waals surface area contributed by atoms with E-state index in [0.29, 0.717) is 50.6 Å². The second-order valence-corrected chi connectivity index (χ2v) is 7.33. The maximum absolute atomic E-state index is 13.6. The van der Waals surface area contributed by atoms with Crippen LogP contribution in [0.25, 0.3) is 0 Å². The molecule has 1 unspecified atom stereocenters. The second-order valence-electron chi connectivity index (χ2n) is 7.33. The molecule has 1 aromatic heterocycles. The molecule has 1 aromatic carbocycles. The van der Waals surface area contributed by atoms with Crippen molar-refractivity contribution in [2.24, 2.45) is 0 Å². The Balaban J connectivity index is 1.49. The number of benzene rings is 1. The number of carbonyl (C=O) groups excluding carboxylic acids is 1. The van der Waals surface area contributed by atoms with Gasteiger partial charge in [-0.2, -0.15) is 5.26 Å². The Bertz CT molecular complexity index is 872. The molecule has 2 aliphatic heterocycles. The van der Waals surface area contributed by atoms with E-state index in [-0.39, 0.29) is 12.0 Å². The molecule has 0 aliphatic carbocycles. The highest BCUT2D eigenvalue weighted by Crippen LogP contribution is 2.37. The first-order chi connectivity index (χ1) is 13.7. The molecule has 28 heavy (non-hydrogen) atoms. The zero-order valence-electron chi connectivity index (χ0n) is 15.7. The monoisotopic (exact) mass is 377 g/mol. The van der Waals surface area contributed by atoms with Gasteiger partial charge in [0, 0.05) is 38.4 Å². The Hall–Kier alpha value is -2.91. The molecule has 6 nitrogen and oxygen atoms in total. The summed E-state index contributed by atoms with van der Waals surface area (Å²) < 4.78 is 11.5. The fourth-order valence-electron chi connectivity index (χ4n) is 4.13. The number of amides is 1. The Morgan fingerprint density at radius 2 is 2.04 bits per heavy atom. The summed E-state index contributed by atoms with van der Waals surface area (Å²) >= 11 is 0. The van der Waals surface area contributed by atoms with Crippen LogP contribution in [0.3, 0.4) is 0 Å². The van der Waals surface area contributed by atoms with Gasteiger partial charge in [-0.3, -0.25) is 4.79 Å². The van der Waals surface area contributed by atoms with Crippen molar-refractivity contribution in [3.8, 4) is 11.9 Å². The molecule has 3 heterocycles. The van der Waals surface area contributed by atoms with Crippen LogP contribution in [0.1, 0.15) is 30.4 Å². The number of aromatic nitrogens is 1. The highest BCUT2D eigenvalue weighted by Gasteiger charge is 2.45. The zero-order valence-corrected chi connectivity index (χ0v) is 15.7. The summed E-state index contributed by atoms with van der Waals surface area (Å²) in [5.41, 5.74) is 1.06. The number of ether oxygens (including phenoxy) is 2. The summed E-state index contributed by atoms with van der Waals surface area (Å²) in [7, 11) is 0. The molecule has 4 rings (SSSR count). The third-order valence-electron chi connectivity index (χ3n) is 5.67. The lowest BCUT2D eigenvalue weighted by atomic mass is 9.73. The van der Waals surface area contributed by atoms with E-state index >= 15 is 0 Å². The minimum absolute atomic E-state index is 0.113.